The van der Waals surface area contributed by atoms with Crippen LogP contribution in [0.1, 0.15) is 90.9 Å². The lowest BCUT2D eigenvalue weighted by molar-refractivity contribution is -0.247. The second-order valence-electron chi connectivity index (χ2n) is 10.8. The van der Waals surface area contributed by atoms with Crippen molar-refractivity contribution in [1.29, 1.82) is 0 Å². The van der Waals surface area contributed by atoms with Crippen molar-refractivity contribution in [3.8, 4) is 0 Å². The first-order chi connectivity index (χ1) is 16.9. The molecule has 2 saturated carbocycles. The van der Waals surface area contributed by atoms with Crippen LogP contribution in [0.4, 0.5) is 0 Å². The van der Waals surface area contributed by atoms with Gasteiger partial charge in [-0.2, -0.15) is 0 Å². The second kappa shape index (κ2) is 13.9. The Labute approximate surface area is 212 Å². The van der Waals surface area contributed by atoms with E-state index in [0.29, 0.717) is 38.2 Å². The molecule has 200 valence electrons. The number of aliphatic hydroxyl groups excluding tert-OH is 2. The van der Waals surface area contributed by atoms with Gasteiger partial charge in [0.15, 0.2) is 11.9 Å². The number of ether oxygens (including phenoxy) is 3. The van der Waals surface area contributed by atoms with Crippen LogP contribution >= 0.6 is 0 Å². The number of aliphatic hydroxyl groups is 2. The van der Waals surface area contributed by atoms with Crippen molar-refractivity contribution in [3.05, 3.63) is 24.3 Å². The Kier molecular flexibility index (Phi) is 11.3. The summed E-state index contributed by atoms with van der Waals surface area (Å²) < 4.78 is 17.9. The smallest absolute Gasteiger partial charge is 0.338 e. The fraction of sp³-hybridized carbons (Fsp3) is 0.828. The van der Waals surface area contributed by atoms with Gasteiger partial charge >= 0.3 is 5.97 Å². The molecule has 1 aliphatic heterocycles. The van der Waals surface area contributed by atoms with Gasteiger partial charge in [-0.1, -0.05) is 50.5 Å². The van der Waals surface area contributed by atoms with Crippen molar-refractivity contribution in [1.82, 2.24) is 0 Å². The Hall–Kier alpha value is -1.21. The molecule has 0 aromatic carbocycles. The highest BCUT2D eigenvalue weighted by atomic mass is 16.7. The lowest BCUT2D eigenvalue weighted by Gasteiger charge is -2.40. The van der Waals surface area contributed by atoms with Crippen LogP contribution in [-0.2, 0) is 19.0 Å². The number of rotatable bonds is 12. The Morgan fingerprint density at radius 1 is 1.11 bits per heavy atom. The molecule has 2 aliphatic carbocycles. The number of carbonyl (C=O) groups excluding carboxylic acids is 1. The monoisotopic (exact) mass is 492 g/mol. The van der Waals surface area contributed by atoms with Crippen LogP contribution in [0.5, 0.6) is 0 Å². The van der Waals surface area contributed by atoms with E-state index in [1.807, 2.05) is 19.1 Å². The van der Waals surface area contributed by atoms with Crippen LogP contribution in [0.25, 0.3) is 0 Å². The van der Waals surface area contributed by atoms with E-state index in [2.05, 4.69) is 19.1 Å². The van der Waals surface area contributed by atoms with Gasteiger partial charge in [-0.05, 0) is 76.0 Å². The zero-order chi connectivity index (χ0) is 25.3. The summed E-state index contributed by atoms with van der Waals surface area (Å²) in [7, 11) is 1.46. The summed E-state index contributed by atoms with van der Waals surface area (Å²) in [4.78, 5) is 13.3. The van der Waals surface area contributed by atoms with E-state index >= 15 is 0 Å². The first-order valence-corrected chi connectivity index (χ1v) is 14.0. The molecule has 35 heavy (non-hydrogen) atoms. The highest BCUT2D eigenvalue weighted by Crippen LogP contribution is 2.45. The molecule has 0 spiro atoms. The minimum Gasteiger partial charge on any atom is -0.467 e. The molecule has 6 heteroatoms. The summed E-state index contributed by atoms with van der Waals surface area (Å²) in [6.45, 7) is 4.84. The molecule has 0 amide bonds. The third-order valence-corrected chi connectivity index (χ3v) is 8.50. The van der Waals surface area contributed by atoms with E-state index in [9.17, 15) is 15.0 Å². The van der Waals surface area contributed by atoms with Gasteiger partial charge in [0.2, 0.25) is 0 Å². The van der Waals surface area contributed by atoms with Crippen molar-refractivity contribution in [2.45, 2.75) is 115 Å². The number of allylic oxidation sites excluding steroid dienone is 3. The third kappa shape index (κ3) is 7.18. The molecule has 4 unspecified atom stereocenters. The van der Waals surface area contributed by atoms with Crippen LogP contribution in [-0.4, -0.2) is 54.0 Å². The minimum absolute atomic E-state index is 0.0133. The number of esters is 1. The zero-order valence-corrected chi connectivity index (χ0v) is 22.1. The molecule has 0 aromatic heterocycles. The Bertz CT molecular complexity index is 699. The molecule has 0 radical (unpaired) electrons. The van der Waals surface area contributed by atoms with Crippen molar-refractivity contribution in [2.24, 2.45) is 23.7 Å². The molecule has 2 N–H and O–H groups in total. The topological polar surface area (TPSA) is 85.2 Å². The molecule has 3 aliphatic rings. The maximum atomic E-state index is 13.3. The summed E-state index contributed by atoms with van der Waals surface area (Å²) in [5, 5.41) is 20.7. The molecule has 6 nitrogen and oxygen atoms in total. The second-order valence-corrected chi connectivity index (χ2v) is 10.8. The largest absolute Gasteiger partial charge is 0.467 e. The van der Waals surface area contributed by atoms with Gasteiger partial charge in [0.25, 0.3) is 0 Å². The number of hydrogen-bond donors (Lipinski definition) is 2. The quantitative estimate of drug-likeness (QED) is 0.283. The summed E-state index contributed by atoms with van der Waals surface area (Å²) in [6, 6.07) is 0. The van der Waals surface area contributed by atoms with Gasteiger partial charge in [-0.15, -0.1) is 0 Å². The fourth-order valence-electron chi connectivity index (χ4n) is 6.65. The lowest BCUT2D eigenvalue weighted by Crippen LogP contribution is -2.51. The number of carbonyl (C=O) groups is 1. The SMILES string of the molecule is CC=C[C@@H]1[C@@H](CC=CCCC(OC2CCCCO2)(C(=O)OC)C2CCC(CCC)C2)[C@@H](O)C[C@H]1O. The van der Waals surface area contributed by atoms with Crippen LogP contribution < -0.4 is 0 Å². The Morgan fingerprint density at radius 3 is 2.63 bits per heavy atom. The van der Waals surface area contributed by atoms with E-state index in [0.717, 1.165) is 44.9 Å². The Balaban J connectivity index is 1.70. The average Bonchev–Trinajstić information content (AvgIpc) is 3.43. The molecule has 3 rings (SSSR count). The van der Waals surface area contributed by atoms with Crippen LogP contribution in [0.2, 0.25) is 0 Å². The van der Waals surface area contributed by atoms with Gasteiger partial charge in [0.05, 0.1) is 19.3 Å². The summed E-state index contributed by atoms with van der Waals surface area (Å²) in [6.07, 6.45) is 17.6. The van der Waals surface area contributed by atoms with Crippen LogP contribution in [0, 0.1) is 23.7 Å². The summed E-state index contributed by atoms with van der Waals surface area (Å²) >= 11 is 0. The van der Waals surface area contributed by atoms with E-state index in [1.54, 1.807) is 0 Å². The van der Waals surface area contributed by atoms with Gasteiger partial charge in [-0.3, -0.25) is 0 Å². The predicted molar refractivity (Wildman–Crippen MR) is 137 cm³/mol. The van der Waals surface area contributed by atoms with E-state index in [1.165, 1.54) is 13.5 Å². The van der Waals surface area contributed by atoms with Gasteiger partial charge < -0.3 is 24.4 Å². The molecule has 8 atom stereocenters. The van der Waals surface area contributed by atoms with Crippen molar-refractivity contribution >= 4 is 5.97 Å². The molecular formula is C29H48O6. The number of methoxy groups -OCH3 is 1. The Morgan fingerprint density at radius 2 is 1.94 bits per heavy atom. The van der Waals surface area contributed by atoms with E-state index < -0.39 is 17.8 Å². The van der Waals surface area contributed by atoms with Crippen molar-refractivity contribution in [2.75, 3.05) is 13.7 Å². The molecule has 0 bridgehead atoms. The molecule has 1 heterocycles. The molecule has 1 saturated heterocycles. The number of hydrogen-bond acceptors (Lipinski definition) is 6. The zero-order valence-electron chi connectivity index (χ0n) is 22.1. The predicted octanol–water partition coefficient (Wildman–Crippen LogP) is 5.32. The van der Waals surface area contributed by atoms with Gasteiger partial charge in [-0.25, -0.2) is 4.79 Å². The normalized spacial score (nSPS) is 35.6. The van der Waals surface area contributed by atoms with Crippen LogP contribution in [0.3, 0.4) is 0 Å². The van der Waals surface area contributed by atoms with Gasteiger partial charge in [0.1, 0.15) is 0 Å². The van der Waals surface area contributed by atoms with E-state index in [-0.39, 0.29) is 30.0 Å². The highest BCUT2D eigenvalue weighted by Gasteiger charge is 2.51. The first kappa shape index (κ1) is 28.4. The lowest BCUT2D eigenvalue weighted by atomic mass is 9.80. The molecule has 3 fully saturated rings. The maximum Gasteiger partial charge on any atom is 0.338 e. The first-order valence-electron chi connectivity index (χ1n) is 14.0. The maximum absolute atomic E-state index is 13.3. The average molecular weight is 493 g/mol. The molecule has 0 aromatic rings. The third-order valence-electron chi connectivity index (χ3n) is 8.50. The summed E-state index contributed by atoms with van der Waals surface area (Å²) in [5.74, 6) is 0.495. The van der Waals surface area contributed by atoms with Gasteiger partial charge in [0, 0.05) is 18.9 Å². The molecular weight excluding hydrogens is 444 g/mol. The highest BCUT2D eigenvalue weighted by molar-refractivity contribution is 5.80. The summed E-state index contributed by atoms with van der Waals surface area (Å²) in [5.41, 5.74) is -0.986. The van der Waals surface area contributed by atoms with Crippen molar-refractivity contribution in [3.63, 3.8) is 0 Å². The van der Waals surface area contributed by atoms with Crippen molar-refractivity contribution < 1.29 is 29.2 Å². The minimum atomic E-state index is -0.986. The fourth-order valence-corrected chi connectivity index (χ4v) is 6.65. The standard InChI is InChI=1S/C29H48O6/c1-4-11-21-15-16-22(19-21)29(28(32)33-3,35-27-14-8-10-18-34-27)17-9-6-7-13-24-23(12-5-2)25(30)20-26(24)31/h5-7,12,21-27,30-31H,4,8-11,13-20H2,1-3H3/t21?,22?,23-,24-,25-,26+,27?,29?/m1/s1. The van der Waals surface area contributed by atoms with Crippen LogP contribution in [0.15, 0.2) is 24.3 Å². The van der Waals surface area contributed by atoms with E-state index in [4.69, 9.17) is 14.2 Å².